The molecule has 1 saturated heterocycles. The molecule has 0 saturated carbocycles. The predicted molar refractivity (Wildman–Crippen MR) is 149 cm³/mol. The van der Waals surface area contributed by atoms with E-state index in [0.717, 1.165) is 32.4 Å². The van der Waals surface area contributed by atoms with Crippen LogP contribution >= 0.6 is 0 Å². The van der Waals surface area contributed by atoms with E-state index in [9.17, 15) is 0 Å². The Balaban J connectivity index is 1.41. The summed E-state index contributed by atoms with van der Waals surface area (Å²) in [6, 6.07) is 19.2. The van der Waals surface area contributed by atoms with Crippen LogP contribution in [0.4, 0.5) is 0 Å². The number of hydrogen-bond donors (Lipinski definition) is 0. The number of aryl methyl sites for hydroxylation is 2. The van der Waals surface area contributed by atoms with Crippen molar-refractivity contribution in [1.82, 2.24) is 9.47 Å². The van der Waals surface area contributed by atoms with Crippen LogP contribution in [0.15, 0.2) is 48.5 Å². The molecule has 186 valence electrons. The summed E-state index contributed by atoms with van der Waals surface area (Å²) >= 11 is 0. The molecule has 4 aromatic rings. The van der Waals surface area contributed by atoms with Crippen LogP contribution in [0.25, 0.3) is 22.0 Å². The van der Waals surface area contributed by atoms with Crippen molar-refractivity contribution in [1.29, 1.82) is 0 Å². The lowest BCUT2D eigenvalue weighted by molar-refractivity contribution is -0.0913. The van der Waals surface area contributed by atoms with Crippen LogP contribution in [0.1, 0.15) is 65.4 Å². The fraction of sp³-hybridized carbons (Fsp3) is 0.412. The van der Waals surface area contributed by atoms with Gasteiger partial charge in [-0.3, -0.25) is 0 Å². The fourth-order valence-corrected chi connectivity index (χ4v) is 9.79. The molecule has 0 radical (unpaired) electrons. The number of hydrogen-bond acceptors (Lipinski definition) is 2. The van der Waals surface area contributed by atoms with E-state index in [0.29, 0.717) is 6.04 Å². The van der Waals surface area contributed by atoms with Gasteiger partial charge in [0.25, 0.3) is 0 Å². The molecule has 1 fully saturated rings. The van der Waals surface area contributed by atoms with Gasteiger partial charge in [-0.2, -0.15) is 0 Å². The zero-order valence-corrected chi connectivity index (χ0v) is 22.3. The highest BCUT2D eigenvalue weighted by molar-refractivity contribution is 6.02. The highest BCUT2D eigenvalue weighted by Crippen LogP contribution is 2.71. The number of fused-ring (bicyclic) bond motifs is 8. The number of nitrogens with zero attached hydrogens (tertiary/aromatic N) is 2. The second-order valence-corrected chi connectivity index (χ2v) is 12.7. The molecular formula is C34H34N2O. The van der Waals surface area contributed by atoms with E-state index < -0.39 is 0 Å². The zero-order valence-electron chi connectivity index (χ0n) is 22.3. The number of ether oxygens (including phenoxy) is 1. The van der Waals surface area contributed by atoms with Gasteiger partial charge in [0.05, 0.1) is 16.6 Å². The van der Waals surface area contributed by atoms with Crippen molar-refractivity contribution >= 4 is 10.9 Å². The molecule has 3 aliphatic carbocycles. The maximum absolute atomic E-state index is 7.26. The van der Waals surface area contributed by atoms with Crippen LogP contribution in [0.2, 0.25) is 0 Å². The Morgan fingerprint density at radius 3 is 2.73 bits per heavy atom. The lowest BCUT2D eigenvalue weighted by Gasteiger charge is -2.64. The van der Waals surface area contributed by atoms with Crippen molar-refractivity contribution in [3.63, 3.8) is 0 Å². The summed E-state index contributed by atoms with van der Waals surface area (Å²) in [6.07, 6.45) is 4.58. The first kappa shape index (κ1) is 21.0. The Kier molecular flexibility index (Phi) is 3.68. The quantitative estimate of drug-likeness (QED) is 0.261. The van der Waals surface area contributed by atoms with Crippen LogP contribution in [0, 0.1) is 12.3 Å². The molecule has 3 aromatic carbocycles. The second-order valence-electron chi connectivity index (χ2n) is 12.7. The molecule has 2 bridgehead atoms. The smallest absolute Gasteiger partial charge is 0.149 e. The minimum absolute atomic E-state index is 0.0501. The summed E-state index contributed by atoms with van der Waals surface area (Å²) in [4.78, 5) is 2.67. The van der Waals surface area contributed by atoms with Gasteiger partial charge in [-0.1, -0.05) is 55.5 Å². The van der Waals surface area contributed by atoms with Gasteiger partial charge in [-0.25, -0.2) is 0 Å². The molecule has 4 atom stereocenters. The van der Waals surface area contributed by atoms with Gasteiger partial charge < -0.3 is 14.2 Å². The van der Waals surface area contributed by atoms with E-state index in [1.165, 1.54) is 62.1 Å². The Labute approximate surface area is 219 Å². The number of likely N-dealkylation sites (tertiary alicyclic amines) is 1. The van der Waals surface area contributed by atoms with Crippen molar-refractivity contribution in [3.05, 3.63) is 87.6 Å². The van der Waals surface area contributed by atoms with E-state index in [1.807, 2.05) is 0 Å². The highest BCUT2D eigenvalue weighted by atomic mass is 16.5. The van der Waals surface area contributed by atoms with Crippen molar-refractivity contribution < 1.29 is 4.74 Å². The number of aromatic nitrogens is 1. The topological polar surface area (TPSA) is 17.4 Å². The third-order valence-corrected chi connectivity index (χ3v) is 11.4. The fourth-order valence-electron chi connectivity index (χ4n) is 9.79. The summed E-state index contributed by atoms with van der Waals surface area (Å²) in [5.41, 5.74) is 14.9. The normalized spacial score (nSPS) is 30.1. The van der Waals surface area contributed by atoms with Gasteiger partial charge >= 0.3 is 0 Å². The number of benzene rings is 3. The zero-order chi connectivity index (χ0) is 24.8. The predicted octanol–water partition coefficient (Wildman–Crippen LogP) is 6.73. The molecule has 0 amide bonds. The molecular weight excluding hydrogens is 452 g/mol. The van der Waals surface area contributed by atoms with E-state index >= 15 is 0 Å². The van der Waals surface area contributed by atoms with Crippen LogP contribution in [0.3, 0.4) is 0 Å². The number of rotatable bonds is 1. The molecule has 1 aromatic heterocycles. The monoisotopic (exact) mass is 486 g/mol. The van der Waals surface area contributed by atoms with Crippen molar-refractivity contribution in [2.75, 3.05) is 13.6 Å². The summed E-state index contributed by atoms with van der Waals surface area (Å²) in [6.45, 7) is 9.33. The van der Waals surface area contributed by atoms with Gasteiger partial charge in [0, 0.05) is 34.5 Å². The average molecular weight is 487 g/mol. The minimum atomic E-state index is 0.0501. The lowest BCUT2D eigenvalue weighted by Crippen LogP contribution is -2.68. The second kappa shape index (κ2) is 6.50. The van der Waals surface area contributed by atoms with Crippen molar-refractivity contribution in [3.8, 4) is 16.9 Å². The molecule has 0 unspecified atom stereocenters. The van der Waals surface area contributed by atoms with Crippen LogP contribution < -0.4 is 4.74 Å². The van der Waals surface area contributed by atoms with E-state index in [2.05, 4.69) is 85.8 Å². The molecule has 3 nitrogen and oxygen atoms in total. The minimum Gasteiger partial charge on any atom is -0.483 e. The third-order valence-electron chi connectivity index (χ3n) is 11.4. The summed E-state index contributed by atoms with van der Waals surface area (Å²) in [7, 11) is 2.36. The van der Waals surface area contributed by atoms with Crippen molar-refractivity contribution in [2.24, 2.45) is 5.41 Å². The molecule has 9 rings (SSSR count). The van der Waals surface area contributed by atoms with Gasteiger partial charge in [0.15, 0.2) is 0 Å². The maximum Gasteiger partial charge on any atom is 0.149 e. The van der Waals surface area contributed by atoms with E-state index in [-0.39, 0.29) is 16.9 Å². The van der Waals surface area contributed by atoms with Gasteiger partial charge in [-0.15, -0.1) is 0 Å². The molecule has 5 aliphatic rings. The summed E-state index contributed by atoms with van der Waals surface area (Å²) < 4.78 is 9.93. The summed E-state index contributed by atoms with van der Waals surface area (Å²) in [5.74, 6) is 1.20. The SMILES string of the molecule is CCn1c2c(c3ccc4c(c31)-c1ccccc1C4)C[C@@]1(C)[C@H]3Cc4ccc(C)c5c4[C@@]1(CCN3C)[C@H]2O5. The Morgan fingerprint density at radius 2 is 1.86 bits per heavy atom. The standard InChI is InChI=1S/C34H34N2O/c1-5-36-29-24(13-12-21-16-20-8-6-7-9-23(20)27(21)29)25-18-33(3)26-17-22-11-10-19(2)31-28(22)34(33,14-15-35(26)4)32(37-31)30(25)36/h6-13,26,32H,5,14-18H2,1-4H3/t26-,32+,33+,34+/m1/s1. The largest absolute Gasteiger partial charge is 0.483 e. The Hall–Kier alpha value is -3.04. The molecule has 1 spiro atoms. The number of likely N-dealkylation sites (N-methyl/N-ethyl adjacent to an activating group) is 1. The van der Waals surface area contributed by atoms with Crippen molar-refractivity contribution in [2.45, 2.75) is 70.6 Å². The van der Waals surface area contributed by atoms with Gasteiger partial charge in [0.2, 0.25) is 0 Å². The van der Waals surface area contributed by atoms with E-state index in [4.69, 9.17) is 4.74 Å². The molecule has 2 aliphatic heterocycles. The average Bonchev–Trinajstić information content (AvgIpc) is 3.54. The first-order valence-corrected chi connectivity index (χ1v) is 14.2. The van der Waals surface area contributed by atoms with Gasteiger partial charge in [-0.05, 0) is 86.5 Å². The summed E-state index contributed by atoms with van der Waals surface area (Å²) in [5, 5.41) is 1.46. The van der Waals surface area contributed by atoms with E-state index in [1.54, 1.807) is 11.1 Å². The van der Waals surface area contributed by atoms with Crippen LogP contribution in [-0.4, -0.2) is 29.1 Å². The third kappa shape index (κ3) is 2.12. The van der Waals surface area contributed by atoms with Crippen LogP contribution in [0.5, 0.6) is 5.75 Å². The molecule has 37 heavy (non-hydrogen) atoms. The molecule has 0 N–H and O–H groups in total. The van der Waals surface area contributed by atoms with Crippen LogP contribution in [-0.2, 0) is 31.2 Å². The first-order valence-electron chi connectivity index (χ1n) is 14.2. The first-order chi connectivity index (χ1) is 18.0. The lowest BCUT2D eigenvalue weighted by atomic mass is 9.44. The Morgan fingerprint density at radius 1 is 1.03 bits per heavy atom. The Bertz CT molecular complexity index is 1690. The number of piperidine rings is 1. The van der Waals surface area contributed by atoms with Gasteiger partial charge in [0.1, 0.15) is 11.9 Å². The highest BCUT2D eigenvalue weighted by Gasteiger charge is 2.70. The maximum atomic E-state index is 7.26. The molecule has 3 heterocycles. The molecule has 3 heteroatoms.